The molecule has 0 aliphatic carbocycles. The molecule has 208 valence electrons. The lowest BCUT2D eigenvalue weighted by molar-refractivity contribution is -0.385. The van der Waals surface area contributed by atoms with E-state index >= 15 is 0 Å². The third-order valence-electron chi connectivity index (χ3n) is 6.34. The molecule has 11 nitrogen and oxygen atoms in total. The first-order chi connectivity index (χ1) is 20.2. The number of nitro benzene ring substituents is 1. The van der Waals surface area contributed by atoms with Crippen molar-refractivity contribution in [3.8, 4) is 5.75 Å². The number of fused-ring (bicyclic) bond motifs is 1. The Labute approximate surface area is 242 Å². The number of benzene rings is 4. The maximum absolute atomic E-state index is 13.6. The third kappa shape index (κ3) is 5.23. The molecule has 42 heavy (non-hydrogen) atoms. The fraction of sp³-hybridized carbons (Fsp3) is 0.0333. The molecular formula is C30H18ClN3O8. The van der Waals surface area contributed by atoms with E-state index in [0.717, 1.165) is 6.07 Å². The van der Waals surface area contributed by atoms with Crippen molar-refractivity contribution in [1.29, 1.82) is 0 Å². The van der Waals surface area contributed by atoms with E-state index in [4.69, 9.17) is 16.3 Å². The van der Waals surface area contributed by atoms with Crippen molar-refractivity contribution in [3.05, 3.63) is 140 Å². The number of carbonyl (C=O) groups excluding carboxylic acids is 5. The van der Waals surface area contributed by atoms with E-state index in [1.54, 1.807) is 36.4 Å². The highest BCUT2D eigenvalue weighted by Crippen LogP contribution is 2.33. The van der Waals surface area contributed by atoms with Gasteiger partial charge in [0.05, 0.1) is 26.6 Å². The minimum absolute atomic E-state index is 0.00729. The molecule has 3 amide bonds. The van der Waals surface area contributed by atoms with E-state index in [-0.39, 0.29) is 27.5 Å². The summed E-state index contributed by atoms with van der Waals surface area (Å²) < 4.78 is 5.32. The molecule has 0 spiro atoms. The van der Waals surface area contributed by atoms with Crippen molar-refractivity contribution in [2.24, 2.45) is 0 Å². The second-order valence-corrected chi connectivity index (χ2v) is 9.33. The molecule has 0 bridgehead atoms. The Morgan fingerprint density at radius 2 is 1.48 bits per heavy atom. The number of nitro groups is 1. The first-order valence-electron chi connectivity index (χ1n) is 12.3. The Bertz CT molecular complexity index is 1770. The van der Waals surface area contributed by atoms with Crippen LogP contribution in [0.2, 0.25) is 5.02 Å². The maximum atomic E-state index is 13.6. The van der Waals surface area contributed by atoms with Crippen LogP contribution in [0.25, 0.3) is 0 Å². The van der Waals surface area contributed by atoms with Gasteiger partial charge >= 0.3 is 5.97 Å². The van der Waals surface area contributed by atoms with Crippen molar-refractivity contribution in [3.63, 3.8) is 0 Å². The lowest BCUT2D eigenvalue weighted by atomic mass is 10.1. The monoisotopic (exact) mass is 583 g/mol. The molecule has 0 N–H and O–H groups in total. The van der Waals surface area contributed by atoms with Crippen LogP contribution in [0, 0.1) is 10.1 Å². The number of Topliss-reactive ketones (excluding diaryl/α,β-unsaturated/α-hetero) is 1. The summed E-state index contributed by atoms with van der Waals surface area (Å²) in [4.78, 5) is 76.8. The second-order valence-electron chi connectivity index (χ2n) is 8.92. The number of rotatable bonds is 8. The molecule has 1 aliphatic heterocycles. The van der Waals surface area contributed by atoms with Crippen molar-refractivity contribution < 1.29 is 33.6 Å². The molecule has 4 aromatic carbocycles. The van der Waals surface area contributed by atoms with E-state index in [1.807, 2.05) is 0 Å². The number of hydrogen-bond acceptors (Lipinski definition) is 8. The van der Waals surface area contributed by atoms with Crippen molar-refractivity contribution in [2.45, 2.75) is 0 Å². The Balaban J connectivity index is 1.45. The van der Waals surface area contributed by atoms with Gasteiger partial charge in [0.25, 0.3) is 23.4 Å². The van der Waals surface area contributed by atoms with Gasteiger partial charge in [0, 0.05) is 11.6 Å². The summed E-state index contributed by atoms with van der Waals surface area (Å²) in [5.74, 6) is -4.27. The average Bonchev–Trinajstić information content (AvgIpc) is 3.25. The summed E-state index contributed by atoms with van der Waals surface area (Å²) in [6.07, 6.45) is 0. The average molecular weight is 584 g/mol. The highest BCUT2D eigenvalue weighted by atomic mass is 35.5. The number of hydrazine groups is 1. The summed E-state index contributed by atoms with van der Waals surface area (Å²) >= 11 is 6.20. The van der Waals surface area contributed by atoms with Crippen LogP contribution in [-0.4, -0.2) is 51.0 Å². The Kier molecular flexibility index (Phi) is 7.59. The largest absolute Gasteiger partial charge is 0.423 e. The van der Waals surface area contributed by atoms with Gasteiger partial charge in [0.15, 0.2) is 5.78 Å². The lowest BCUT2D eigenvalue weighted by Crippen LogP contribution is -2.51. The number of ether oxygens (including phenoxy) is 1. The van der Waals surface area contributed by atoms with E-state index in [2.05, 4.69) is 0 Å². The van der Waals surface area contributed by atoms with Gasteiger partial charge in [-0.3, -0.25) is 29.3 Å². The van der Waals surface area contributed by atoms with Crippen molar-refractivity contribution in [2.75, 3.05) is 6.54 Å². The molecule has 0 saturated heterocycles. The predicted octanol–water partition coefficient (Wildman–Crippen LogP) is 5.00. The second kappa shape index (κ2) is 11.4. The number of hydrogen-bond donors (Lipinski definition) is 0. The number of amides is 3. The molecule has 0 atom stereocenters. The van der Waals surface area contributed by atoms with Gasteiger partial charge in [-0.2, -0.15) is 5.01 Å². The standard InChI is InChI=1S/C30H18ClN3O8/c31-23-11-5-4-9-21(23)27(36)32(33-28(37)22-10-6-12-24(34(40)41)26(22)29(33)38)17-25(35)18-13-15-20(16-14-18)42-30(39)19-7-2-1-3-8-19/h1-16H,17H2. The Morgan fingerprint density at radius 1 is 0.810 bits per heavy atom. The molecule has 1 heterocycles. The van der Waals surface area contributed by atoms with Gasteiger partial charge < -0.3 is 4.74 Å². The minimum atomic E-state index is -1.14. The topological polar surface area (TPSA) is 144 Å². The van der Waals surface area contributed by atoms with Gasteiger partial charge in [-0.15, -0.1) is 0 Å². The van der Waals surface area contributed by atoms with Gasteiger partial charge in [0.1, 0.15) is 17.9 Å². The Hall–Kier alpha value is -5.68. The Morgan fingerprint density at radius 3 is 2.14 bits per heavy atom. The fourth-order valence-electron chi connectivity index (χ4n) is 4.31. The summed E-state index contributed by atoms with van der Waals surface area (Å²) in [5.41, 5.74) is -1.13. The number of carbonyl (C=O) groups is 5. The number of imide groups is 1. The van der Waals surface area contributed by atoms with Gasteiger partial charge in [0.2, 0.25) is 0 Å². The fourth-order valence-corrected chi connectivity index (χ4v) is 4.53. The minimum Gasteiger partial charge on any atom is -0.423 e. The quantitative estimate of drug-likeness (QED) is 0.0703. The lowest BCUT2D eigenvalue weighted by Gasteiger charge is -2.29. The van der Waals surface area contributed by atoms with E-state index < -0.39 is 52.2 Å². The summed E-state index contributed by atoms with van der Waals surface area (Å²) in [7, 11) is 0. The van der Waals surface area contributed by atoms with Crippen LogP contribution in [-0.2, 0) is 0 Å². The summed E-state index contributed by atoms with van der Waals surface area (Å²) in [5, 5.41) is 12.6. The van der Waals surface area contributed by atoms with E-state index in [9.17, 15) is 34.1 Å². The first kappa shape index (κ1) is 27.9. The van der Waals surface area contributed by atoms with Crippen LogP contribution in [0.15, 0.2) is 97.1 Å². The van der Waals surface area contributed by atoms with E-state index in [1.165, 1.54) is 54.6 Å². The van der Waals surface area contributed by atoms with Crippen LogP contribution in [0.5, 0.6) is 5.75 Å². The van der Waals surface area contributed by atoms with E-state index in [0.29, 0.717) is 15.6 Å². The number of halogens is 1. The smallest absolute Gasteiger partial charge is 0.343 e. The third-order valence-corrected chi connectivity index (χ3v) is 6.67. The zero-order chi connectivity index (χ0) is 30.0. The first-order valence-corrected chi connectivity index (χ1v) is 12.7. The van der Waals surface area contributed by atoms with Crippen molar-refractivity contribution in [1.82, 2.24) is 10.0 Å². The van der Waals surface area contributed by atoms with Crippen LogP contribution in [0.1, 0.15) is 51.8 Å². The molecule has 12 heteroatoms. The SMILES string of the molecule is O=C(CN(C(=O)c1ccccc1Cl)N1C(=O)c2cccc([N+](=O)[O-])c2C1=O)c1ccc(OC(=O)c2ccccc2)cc1. The number of esters is 1. The van der Waals surface area contributed by atoms with Crippen LogP contribution in [0.4, 0.5) is 5.69 Å². The predicted molar refractivity (Wildman–Crippen MR) is 148 cm³/mol. The molecule has 0 radical (unpaired) electrons. The van der Waals surface area contributed by atoms with Crippen LogP contribution < -0.4 is 4.74 Å². The number of ketones is 1. The molecule has 0 saturated carbocycles. The van der Waals surface area contributed by atoms with Gasteiger partial charge in [-0.05, 0) is 54.6 Å². The zero-order valence-electron chi connectivity index (χ0n) is 21.4. The van der Waals surface area contributed by atoms with Gasteiger partial charge in [-0.25, -0.2) is 9.80 Å². The molecule has 0 unspecified atom stereocenters. The summed E-state index contributed by atoms with van der Waals surface area (Å²) in [6.45, 7) is -0.799. The van der Waals surface area contributed by atoms with Gasteiger partial charge in [-0.1, -0.05) is 48.0 Å². The van der Waals surface area contributed by atoms with Crippen LogP contribution in [0.3, 0.4) is 0 Å². The maximum Gasteiger partial charge on any atom is 0.343 e. The summed E-state index contributed by atoms with van der Waals surface area (Å²) in [6, 6.07) is 23.1. The molecule has 0 fully saturated rings. The highest BCUT2D eigenvalue weighted by molar-refractivity contribution is 6.34. The molecule has 5 rings (SSSR count). The molecule has 1 aliphatic rings. The zero-order valence-corrected chi connectivity index (χ0v) is 22.2. The normalized spacial score (nSPS) is 12.1. The van der Waals surface area contributed by atoms with Crippen molar-refractivity contribution >= 4 is 46.8 Å². The number of nitrogens with zero attached hydrogens (tertiary/aromatic N) is 3. The molecule has 4 aromatic rings. The van der Waals surface area contributed by atoms with Crippen LogP contribution >= 0.6 is 11.6 Å². The highest BCUT2D eigenvalue weighted by Gasteiger charge is 2.46. The molecular weight excluding hydrogens is 566 g/mol. The molecule has 0 aromatic heterocycles.